The van der Waals surface area contributed by atoms with Crippen LogP contribution in [-0.4, -0.2) is 44.7 Å². The fraction of sp³-hybridized carbons (Fsp3) is 0.286. The van der Waals surface area contributed by atoms with Crippen LogP contribution in [0.1, 0.15) is 16.8 Å². The van der Waals surface area contributed by atoms with Gasteiger partial charge in [0.15, 0.2) is 11.5 Å². The lowest BCUT2D eigenvalue weighted by Crippen LogP contribution is -2.27. The molecule has 2 aliphatic heterocycles. The number of nitrogens with zero attached hydrogens (tertiary/aromatic N) is 1. The highest BCUT2D eigenvalue weighted by Crippen LogP contribution is 2.36. The van der Waals surface area contributed by atoms with Crippen molar-refractivity contribution >= 4 is 23.5 Å². The van der Waals surface area contributed by atoms with Crippen LogP contribution in [-0.2, 0) is 14.3 Å². The third-order valence-corrected chi connectivity index (χ3v) is 4.79. The number of carbonyl (C=O) groups is 3. The summed E-state index contributed by atoms with van der Waals surface area (Å²) in [7, 11) is 1.29. The maximum absolute atomic E-state index is 12.5. The van der Waals surface area contributed by atoms with E-state index < -0.39 is 17.9 Å². The molecular formula is C21H19NO7. The molecule has 2 aromatic rings. The van der Waals surface area contributed by atoms with Crippen molar-refractivity contribution in [1.29, 1.82) is 0 Å². The summed E-state index contributed by atoms with van der Waals surface area (Å²) in [5.74, 6) is -0.201. The Labute approximate surface area is 166 Å². The van der Waals surface area contributed by atoms with E-state index in [0.29, 0.717) is 41.7 Å². The Morgan fingerprint density at radius 2 is 1.76 bits per heavy atom. The first kappa shape index (κ1) is 18.8. The number of ether oxygens (including phenoxy) is 4. The molecule has 8 nitrogen and oxygen atoms in total. The molecule has 1 amide bonds. The molecule has 0 unspecified atom stereocenters. The summed E-state index contributed by atoms with van der Waals surface area (Å²) in [6.07, 6.45) is 0.0630. The van der Waals surface area contributed by atoms with E-state index in [2.05, 4.69) is 4.74 Å². The van der Waals surface area contributed by atoms with Crippen molar-refractivity contribution in [3.05, 3.63) is 48.0 Å². The average molecular weight is 397 g/mol. The molecule has 1 saturated heterocycles. The molecule has 1 atom stereocenters. The number of fused-ring (bicyclic) bond motifs is 1. The Morgan fingerprint density at radius 3 is 2.48 bits per heavy atom. The summed E-state index contributed by atoms with van der Waals surface area (Å²) in [5.41, 5.74) is 1.00. The van der Waals surface area contributed by atoms with Crippen LogP contribution in [0.5, 0.6) is 17.2 Å². The molecule has 0 spiro atoms. The van der Waals surface area contributed by atoms with Crippen LogP contribution in [0, 0.1) is 5.92 Å². The summed E-state index contributed by atoms with van der Waals surface area (Å²) in [5, 5.41) is 0. The van der Waals surface area contributed by atoms with Crippen LogP contribution in [0.2, 0.25) is 0 Å². The van der Waals surface area contributed by atoms with Gasteiger partial charge in [-0.25, -0.2) is 4.79 Å². The van der Waals surface area contributed by atoms with E-state index >= 15 is 0 Å². The molecule has 0 aromatic heterocycles. The number of hydrogen-bond donors (Lipinski definition) is 0. The Morgan fingerprint density at radius 1 is 1.03 bits per heavy atom. The van der Waals surface area contributed by atoms with Gasteiger partial charge in [-0.2, -0.15) is 0 Å². The van der Waals surface area contributed by atoms with Crippen molar-refractivity contribution in [3.63, 3.8) is 0 Å². The zero-order valence-corrected chi connectivity index (χ0v) is 15.8. The molecule has 2 aliphatic rings. The topological polar surface area (TPSA) is 91.4 Å². The summed E-state index contributed by atoms with van der Waals surface area (Å²) in [6, 6.07) is 11.3. The second kappa shape index (κ2) is 7.83. The summed E-state index contributed by atoms with van der Waals surface area (Å²) >= 11 is 0. The lowest BCUT2D eigenvalue weighted by atomic mass is 10.1. The first-order chi connectivity index (χ1) is 14.0. The smallest absolute Gasteiger partial charge is 0.337 e. The molecule has 29 heavy (non-hydrogen) atoms. The fourth-order valence-corrected chi connectivity index (χ4v) is 3.29. The van der Waals surface area contributed by atoms with Crippen LogP contribution in [0.25, 0.3) is 0 Å². The van der Waals surface area contributed by atoms with E-state index in [1.54, 1.807) is 23.1 Å². The molecule has 0 bridgehead atoms. The third kappa shape index (κ3) is 3.87. The Bertz CT molecular complexity index is 954. The summed E-state index contributed by atoms with van der Waals surface area (Å²) in [4.78, 5) is 38.0. The SMILES string of the molecule is COC(=O)c1ccc(OC(=O)[C@@H]2CC(=O)N(c3ccc4c(c3)OCCO4)C2)cc1. The molecule has 0 N–H and O–H groups in total. The van der Waals surface area contributed by atoms with E-state index in [1.165, 1.54) is 31.4 Å². The largest absolute Gasteiger partial charge is 0.486 e. The minimum absolute atomic E-state index is 0.0630. The molecule has 2 heterocycles. The minimum atomic E-state index is -0.587. The number of hydrogen-bond acceptors (Lipinski definition) is 7. The first-order valence-electron chi connectivity index (χ1n) is 9.15. The number of carbonyl (C=O) groups excluding carboxylic acids is 3. The van der Waals surface area contributed by atoms with E-state index in [4.69, 9.17) is 14.2 Å². The zero-order valence-electron chi connectivity index (χ0n) is 15.8. The number of benzene rings is 2. The fourth-order valence-electron chi connectivity index (χ4n) is 3.29. The first-order valence-corrected chi connectivity index (χ1v) is 9.15. The van der Waals surface area contributed by atoms with Gasteiger partial charge in [0, 0.05) is 24.7 Å². The Balaban J connectivity index is 1.42. The number of methoxy groups -OCH3 is 1. The molecule has 0 aliphatic carbocycles. The quantitative estimate of drug-likeness (QED) is 0.577. The molecule has 8 heteroatoms. The van der Waals surface area contributed by atoms with Gasteiger partial charge in [-0.05, 0) is 36.4 Å². The third-order valence-electron chi connectivity index (χ3n) is 4.79. The molecule has 1 fully saturated rings. The average Bonchev–Trinajstić information content (AvgIpc) is 3.15. The van der Waals surface area contributed by atoms with Gasteiger partial charge in [0.25, 0.3) is 0 Å². The molecule has 2 aromatic carbocycles. The van der Waals surface area contributed by atoms with Crippen molar-refractivity contribution in [2.45, 2.75) is 6.42 Å². The van der Waals surface area contributed by atoms with Crippen molar-refractivity contribution in [1.82, 2.24) is 0 Å². The highest BCUT2D eigenvalue weighted by atomic mass is 16.6. The standard InChI is InChI=1S/C21H19NO7/c1-26-20(24)13-2-5-16(6-3-13)29-21(25)14-10-19(23)22(12-14)15-4-7-17-18(11-15)28-9-8-27-17/h2-7,11,14H,8-10,12H2,1H3/t14-/m1/s1. The Kier molecular flexibility index (Phi) is 5.07. The van der Waals surface area contributed by atoms with Crippen molar-refractivity contribution < 1.29 is 33.3 Å². The predicted molar refractivity (Wildman–Crippen MR) is 101 cm³/mol. The van der Waals surface area contributed by atoms with E-state index in [9.17, 15) is 14.4 Å². The number of rotatable bonds is 4. The van der Waals surface area contributed by atoms with Gasteiger partial charge < -0.3 is 23.8 Å². The minimum Gasteiger partial charge on any atom is -0.486 e. The number of anilines is 1. The molecule has 0 radical (unpaired) electrons. The van der Waals surface area contributed by atoms with E-state index in [1.807, 2.05) is 0 Å². The lowest BCUT2D eigenvalue weighted by Gasteiger charge is -2.22. The number of amides is 1. The Hall–Kier alpha value is -3.55. The molecule has 150 valence electrons. The van der Waals surface area contributed by atoms with Gasteiger partial charge in [0.2, 0.25) is 5.91 Å². The van der Waals surface area contributed by atoms with Crippen LogP contribution in [0.3, 0.4) is 0 Å². The maximum Gasteiger partial charge on any atom is 0.337 e. The van der Waals surface area contributed by atoms with Crippen molar-refractivity contribution in [2.24, 2.45) is 5.92 Å². The van der Waals surface area contributed by atoms with Gasteiger partial charge in [0.1, 0.15) is 19.0 Å². The van der Waals surface area contributed by atoms with Gasteiger partial charge in [-0.15, -0.1) is 0 Å². The van der Waals surface area contributed by atoms with Crippen LogP contribution in [0.4, 0.5) is 5.69 Å². The monoisotopic (exact) mass is 397 g/mol. The lowest BCUT2D eigenvalue weighted by molar-refractivity contribution is -0.139. The van der Waals surface area contributed by atoms with Crippen molar-refractivity contribution in [2.75, 3.05) is 31.8 Å². The second-order valence-electron chi connectivity index (χ2n) is 6.67. The zero-order chi connectivity index (χ0) is 20.4. The highest BCUT2D eigenvalue weighted by Gasteiger charge is 2.37. The normalized spacial score (nSPS) is 17.8. The molecular weight excluding hydrogens is 378 g/mol. The highest BCUT2D eigenvalue weighted by molar-refractivity contribution is 6.00. The predicted octanol–water partition coefficient (Wildman–Crippen LogP) is 2.20. The molecule has 4 rings (SSSR count). The van der Waals surface area contributed by atoms with Gasteiger partial charge in [-0.3, -0.25) is 9.59 Å². The summed E-state index contributed by atoms with van der Waals surface area (Å²) in [6.45, 7) is 1.16. The van der Waals surface area contributed by atoms with E-state index in [0.717, 1.165) is 0 Å². The van der Waals surface area contributed by atoms with Gasteiger partial charge in [-0.1, -0.05) is 0 Å². The van der Waals surface area contributed by atoms with Gasteiger partial charge in [0.05, 0.1) is 18.6 Å². The maximum atomic E-state index is 12.5. The van der Waals surface area contributed by atoms with Gasteiger partial charge >= 0.3 is 11.9 Å². The van der Waals surface area contributed by atoms with E-state index in [-0.39, 0.29) is 18.9 Å². The molecule has 0 saturated carbocycles. The van der Waals surface area contributed by atoms with Crippen LogP contribution < -0.4 is 19.1 Å². The number of esters is 2. The second-order valence-corrected chi connectivity index (χ2v) is 6.67. The van der Waals surface area contributed by atoms with Crippen LogP contribution >= 0.6 is 0 Å². The van der Waals surface area contributed by atoms with Crippen LogP contribution in [0.15, 0.2) is 42.5 Å². The van der Waals surface area contributed by atoms with Crippen molar-refractivity contribution in [3.8, 4) is 17.2 Å². The summed E-state index contributed by atoms with van der Waals surface area (Å²) < 4.78 is 21.1.